The Kier molecular flexibility index (Phi) is 4.78. The summed E-state index contributed by atoms with van der Waals surface area (Å²) in [6.45, 7) is 3.33. The number of ether oxygens (including phenoxy) is 1. The predicted octanol–water partition coefficient (Wildman–Crippen LogP) is 2.11. The third kappa shape index (κ3) is 3.17. The van der Waals surface area contributed by atoms with E-state index in [0.29, 0.717) is 18.4 Å². The molecule has 106 valence electrons. The normalized spacial score (nSPS) is 15.6. The molecule has 5 heteroatoms. The molecule has 1 aromatic carbocycles. The van der Waals surface area contributed by atoms with Crippen LogP contribution in [-0.4, -0.2) is 28.4 Å². The molecule has 1 aromatic rings. The molecule has 19 heavy (non-hydrogen) atoms. The smallest absolute Gasteiger partial charge is 0.309 e. The molecule has 2 unspecified atom stereocenters. The molecule has 0 spiro atoms. The molecule has 0 fully saturated rings. The molecule has 0 aromatic heterocycles. The van der Waals surface area contributed by atoms with E-state index in [9.17, 15) is 20.1 Å². The Balaban J connectivity index is 3.20. The molecule has 0 amide bonds. The van der Waals surface area contributed by atoms with Crippen molar-refractivity contribution in [2.45, 2.75) is 32.3 Å². The monoisotopic (exact) mass is 268 g/mol. The number of methoxy groups -OCH3 is 1. The highest BCUT2D eigenvalue weighted by Crippen LogP contribution is 2.37. The first-order valence-corrected chi connectivity index (χ1v) is 6.17. The van der Waals surface area contributed by atoms with E-state index in [4.69, 9.17) is 4.74 Å². The quantitative estimate of drug-likeness (QED) is 0.735. The van der Waals surface area contributed by atoms with Gasteiger partial charge in [-0.05, 0) is 31.0 Å². The van der Waals surface area contributed by atoms with Crippen LogP contribution in [0.3, 0.4) is 0 Å². The van der Waals surface area contributed by atoms with Gasteiger partial charge in [0.2, 0.25) is 0 Å². The lowest BCUT2D eigenvalue weighted by molar-refractivity contribution is -0.152. The van der Waals surface area contributed by atoms with Gasteiger partial charge in [-0.3, -0.25) is 4.79 Å². The summed E-state index contributed by atoms with van der Waals surface area (Å²) in [5, 5.41) is 29.3. The van der Waals surface area contributed by atoms with Gasteiger partial charge in [-0.1, -0.05) is 19.4 Å². The number of phenolic OH excluding ortho intramolecular Hbond substituents is 1. The van der Waals surface area contributed by atoms with Crippen LogP contribution in [0.2, 0.25) is 0 Å². The maximum absolute atomic E-state index is 11.3. The molecule has 0 aliphatic carbocycles. The van der Waals surface area contributed by atoms with E-state index in [0.717, 1.165) is 0 Å². The summed E-state index contributed by atoms with van der Waals surface area (Å²) in [6, 6.07) is 4.35. The number of carboxylic acids is 1. The van der Waals surface area contributed by atoms with Crippen LogP contribution in [0.15, 0.2) is 18.2 Å². The van der Waals surface area contributed by atoms with E-state index in [1.54, 1.807) is 0 Å². The number of aromatic hydroxyl groups is 1. The molecule has 0 bridgehead atoms. The van der Waals surface area contributed by atoms with Crippen LogP contribution in [0.5, 0.6) is 11.5 Å². The topological polar surface area (TPSA) is 87.0 Å². The first-order valence-electron chi connectivity index (χ1n) is 6.17. The van der Waals surface area contributed by atoms with Crippen molar-refractivity contribution in [3.63, 3.8) is 0 Å². The maximum Gasteiger partial charge on any atom is 0.309 e. The van der Waals surface area contributed by atoms with E-state index in [2.05, 4.69) is 0 Å². The summed E-state index contributed by atoms with van der Waals surface area (Å²) in [6.07, 6.45) is 1.02. The Hall–Kier alpha value is -1.75. The number of hydrogen-bond acceptors (Lipinski definition) is 4. The molecular formula is C14H20O5. The summed E-state index contributed by atoms with van der Waals surface area (Å²) in [5.41, 5.74) is -1.12. The van der Waals surface area contributed by atoms with Crippen molar-refractivity contribution < 1.29 is 24.9 Å². The molecular weight excluding hydrogens is 248 g/mol. The van der Waals surface area contributed by atoms with Gasteiger partial charge in [0.05, 0.1) is 13.0 Å². The van der Waals surface area contributed by atoms with Crippen molar-refractivity contribution in [2.24, 2.45) is 5.92 Å². The van der Waals surface area contributed by atoms with Gasteiger partial charge in [-0.15, -0.1) is 0 Å². The molecule has 2 atom stereocenters. The lowest BCUT2D eigenvalue weighted by Gasteiger charge is -2.30. The van der Waals surface area contributed by atoms with Gasteiger partial charge in [0.1, 0.15) is 5.60 Å². The van der Waals surface area contributed by atoms with E-state index in [-0.39, 0.29) is 11.5 Å². The summed E-state index contributed by atoms with van der Waals surface area (Å²) in [5.74, 6) is -1.80. The first kappa shape index (κ1) is 15.3. The zero-order valence-electron chi connectivity index (χ0n) is 11.4. The van der Waals surface area contributed by atoms with Gasteiger partial charge in [-0.2, -0.15) is 0 Å². The van der Waals surface area contributed by atoms with E-state index < -0.39 is 17.5 Å². The minimum absolute atomic E-state index is 0.0515. The maximum atomic E-state index is 11.3. The lowest BCUT2D eigenvalue weighted by Crippen LogP contribution is -2.37. The molecule has 0 radical (unpaired) electrons. The fraction of sp³-hybridized carbons (Fsp3) is 0.500. The van der Waals surface area contributed by atoms with Crippen LogP contribution < -0.4 is 4.74 Å². The number of rotatable bonds is 6. The molecule has 0 saturated heterocycles. The minimum atomic E-state index is -1.52. The summed E-state index contributed by atoms with van der Waals surface area (Å²) in [7, 11) is 1.40. The van der Waals surface area contributed by atoms with Gasteiger partial charge in [0.15, 0.2) is 11.5 Å². The van der Waals surface area contributed by atoms with Crippen LogP contribution in [0.1, 0.15) is 32.3 Å². The number of phenols is 1. The second-order valence-electron chi connectivity index (χ2n) is 4.71. The van der Waals surface area contributed by atoms with Gasteiger partial charge in [-0.25, -0.2) is 0 Å². The van der Waals surface area contributed by atoms with Gasteiger partial charge >= 0.3 is 5.97 Å². The highest BCUT2D eigenvalue weighted by molar-refractivity contribution is 5.72. The van der Waals surface area contributed by atoms with Crippen LogP contribution in [0.4, 0.5) is 0 Å². The number of hydrogen-bond donors (Lipinski definition) is 3. The lowest BCUT2D eigenvalue weighted by atomic mass is 9.80. The zero-order chi connectivity index (χ0) is 14.6. The van der Waals surface area contributed by atoms with Crippen molar-refractivity contribution in [3.8, 4) is 11.5 Å². The van der Waals surface area contributed by atoms with E-state index in [1.165, 1.54) is 32.2 Å². The van der Waals surface area contributed by atoms with Gasteiger partial charge in [0.25, 0.3) is 0 Å². The molecule has 5 nitrogen and oxygen atoms in total. The van der Waals surface area contributed by atoms with E-state index in [1.807, 2.05) is 6.92 Å². The number of benzene rings is 1. The van der Waals surface area contributed by atoms with Crippen LogP contribution in [-0.2, 0) is 10.4 Å². The van der Waals surface area contributed by atoms with Crippen LogP contribution >= 0.6 is 0 Å². The average molecular weight is 268 g/mol. The Morgan fingerprint density at radius 1 is 1.47 bits per heavy atom. The predicted molar refractivity (Wildman–Crippen MR) is 70.3 cm³/mol. The highest BCUT2D eigenvalue weighted by atomic mass is 16.5. The van der Waals surface area contributed by atoms with Crippen molar-refractivity contribution in [1.82, 2.24) is 0 Å². The summed E-state index contributed by atoms with van der Waals surface area (Å²) < 4.78 is 4.97. The Morgan fingerprint density at radius 3 is 2.58 bits per heavy atom. The Morgan fingerprint density at radius 2 is 2.11 bits per heavy atom. The minimum Gasteiger partial charge on any atom is -0.504 e. The van der Waals surface area contributed by atoms with Gasteiger partial charge < -0.3 is 20.1 Å². The Labute approximate surface area is 112 Å². The second kappa shape index (κ2) is 5.93. The number of aliphatic carboxylic acids is 1. The molecule has 3 N–H and O–H groups in total. The van der Waals surface area contributed by atoms with Crippen LogP contribution in [0.25, 0.3) is 0 Å². The molecule has 1 rings (SSSR count). The molecule has 0 aliphatic heterocycles. The average Bonchev–Trinajstić information content (AvgIpc) is 2.35. The van der Waals surface area contributed by atoms with Crippen molar-refractivity contribution in [3.05, 3.63) is 23.8 Å². The van der Waals surface area contributed by atoms with Crippen molar-refractivity contribution in [2.75, 3.05) is 7.11 Å². The molecule has 0 aliphatic rings. The zero-order valence-corrected chi connectivity index (χ0v) is 11.4. The number of carbonyl (C=O) groups is 1. The molecule has 0 heterocycles. The third-order valence-corrected chi connectivity index (χ3v) is 3.32. The second-order valence-corrected chi connectivity index (χ2v) is 4.71. The van der Waals surface area contributed by atoms with Gasteiger partial charge in [0, 0.05) is 0 Å². The number of aliphatic hydroxyl groups is 1. The summed E-state index contributed by atoms with van der Waals surface area (Å²) >= 11 is 0. The molecule has 0 saturated carbocycles. The fourth-order valence-corrected chi connectivity index (χ4v) is 2.13. The van der Waals surface area contributed by atoms with Crippen molar-refractivity contribution >= 4 is 5.97 Å². The van der Waals surface area contributed by atoms with Crippen molar-refractivity contribution in [1.29, 1.82) is 0 Å². The third-order valence-electron chi connectivity index (χ3n) is 3.32. The Bertz CT molecular complexity index is 453. The van der Waals surface area contributed by atoms with Crippen LogP contribution in [0, 0.1) is 5.92 Å². The number of carboxylic acid groups (broad SMARTS) is 1. The largest absolute Gasteiger partial charge is 0.504 e. The first-order chi connectivity index (χ1) is 8.84. The fourth-order valence-electron chi connectivity index (χ4n) is 2.13. The van der Waals surface area contributed by atoms with E-state index >= 15 is 0 Å². The highest BCUT2D eigenvalue weighted by Gasteiger charge is 2.38. The summed E-state index contributed by atoms with van der Waals surface area (Å²) in [4.78, 5) is 11.3. The SMILES string of the molecule is CCCC(C(=O)O)C(C)(O)c1ccc(O)c(OC)c1. The standard InChI is InChI=1S/C14H20O5/c1-4-5-10(13(16)17)14(2,18)9-6-7-11(15)12(8-9)19-3/h6-8,10,15,18H,4-5H2,1-3H3,(H,16,17).